The molecule has 4 aromatic carbocycles. The van der Waals surface area contributed by atoms with E-state index in [1.807, 2.05) is 0 Å². The van der Waals surface area contributed by atoms with Crippen LogP contribution in [-0.4, -0.2) is 33.4 Å². The fourth-order valence-corrected chi connectivity index (χ4v) is 7.08. The smallest absolute Gasteiger partial charge is 0.129 e. The first-order valence-electron chi connectivity index (χ1n) is 16.2. The van der Waals surface area contributed by atoms with Gasteiger partial charge in [-0.15, -0.1) is 23.1 Å². The number of terminal acetylenes is 1. The molecule has 0 unspecified atom stereocenters. The van der Waals surface area contributed by atoms with Crippen LogP contribution < -0.4 is 0 Å². The van der Waals surface area contributed by atoms with Crippen molar-refractivity contribution in [1.82, 2.24) is 9.13 Å². The molecule has 0 radical (unpaired) electrons. The van der Waals surface area contributed by atoms with Crippen LogP contribution in [0.2, 0.25) is 58.9 Å². The summed E-state index contributed by atoms with van der Waals surface area (Å²) in [5.74, 6) is 6.78. The fraction of sp³-hybridized carbons (Fsp3) is 0.268. The van der Waals surface area contributed by atoms with Crippen molar-refractivity contribution in [2.24, 2.45) is 14.1 Å². The number of halogens is 2. The third-order valence-corrected chi connectivity index (χ3v) is 11.5. The Bertz CT molecular complexity index is 2160. The van der Waals surface area contributed by atoms with E-state index in [9.17, 15) is 0 Å². The van der Waals surface area contributed by atoms with Gasteiger partial charge in [0.2, 0.25) is 0 Å². The normalized spacial score (nSPS) is 11.5. The zero-order valence-electron chi connectivity index (χ0n) is 30.2. The summed E-state index contributed by atoms with van der Waals surface area (Å²) in [6, 6.07) is 26.4. The van der Waals surface area contributed by atoms with Gasteiger partial charge in [0.25, 0.3) is 0 Å². The maximum atomic E-state index is 5.12. The molecule has 2 aromatic heterocycles. The topological polar surface area (TPSA) is 9.86 Å². The van der Waals surface area contributed by atoms with Crippen LogP contribution in [0.3, 0.4) is 0 Å². The molecule has 0 aliphatic rings. The monoisotopic (exact) mass is 904 g/mol. The average molecular weight is 905 g/mol. The maximum Gasteiger partial charge on any atom is 0.129 e. The molecule has 0 saturated carbocycles. The van der Waals surface area contributed by atoms with Crippen LogP contribution in [0.4, 0.5) is 0 Å². The number of benzene rings is 4. The molecule has 2 heterocycles. The predicted molar refractivity (Wildman–Crippen MR) is 239 cm³/mol. The van der Waals surface area contributed by atoms with Gasteiger partial charge in [-0.25, -0.2) is 0 Å². The van der Waals surface area contributed by atoms with Gasteiger partial charge >= 0.3 is 0 Å². The van der Waals surface area contributed by atoms with E-state index in [0.29, 0.717) is 0 Å². The van der Waals surface area contributed by atoms with Crippen LogP contribution in [0.25, 0.3) is 43.6 Å². The third kappa shape index (κ3) is 9.92. The number of hydrogen-bond donors (Lipinski definition) is 0. The molecule has 0 atom stereocenters. The number of aryl methyl sites for hydroxylation is 2. The molecule has 0 aliphatic carbocycles. The number of rotatable bonds is 0. The lowest BCUT2D eigenvalue weighted by Gasteiger charge is -2.03. The highest BCUT2D eigenvalue weighted by Gasteiger charge is 2.12. The van der Waals surface area contributed by atoms with Crippen molar-refractivity contribution in [3.8, 4) is 34.9 Å². The minimum atomic E-state index is -1.37. The Morgan fingerprint density at radius 3 is 1.06 bits per heavy atom. The van der Waals surface area contributed by atoms with Gasteiger partial charge in [-0.1, -0.05) is 70.8 Å². The van der Waals surface area contributed by atoms with E-state index in [-0.39, 0.29) is 0 Å². The number of fused-ring (bicyclic) bond motifs is 6. The van der Waals surface area contributed by atoms with E-state index in [4.69, 9.17) is 6.42 Å². The van der Waals surface area contributed by atoms with Gasteiger partial charge in [0.05, 0.1) is 0 Å². The molecule has 0 saturated heterocycles. The molecular formula is C41H46I2N2Si3. The first kappa shape index (κ1) is 38.1. The lowest BCUT2D eigenvalue weighted by molar-refractivity contribution is 1.01. The average Bonchev–Trinajstić information content (AvgIpc) is 3.43. The Labute approximate surface area is 318 Å². The fourth-order valence-electron chi connectivity index (χ4n) is 5.06. The molecule has 0 fully saturated rings. The Morgan fingerprint density at radius 1 is 0.479 bits per heavy atom. The summed E-state index contributed by atoms with van der Waals surface area (Å²) in [7, 11) is 0.408. The summed E-state index contributed by atoms with van der Waals surface area (Å²) >= 11 is 4.73. The van der Waals surface area contributed by atoms with Crippen LogP contribution >= 0.6 is 45.2 Å². The molecule has 2 nitrogen and oxygen atoms in total. The van der Waals surface area contributed by atoms with Crippen LogP contribution in [0.1, 0.15) is 11.1 Å². The van der Waals surface area contributed by atoms with Crippen molar-refractivity contribution in [1.29, 1.82) is 0 Å². The first-order chi connectivity index (χ1) is 22.3. The van der Waals surface area contributed by atoms with Crippen LogP contribution in [0.5, 0.6) is 0 Å². The van der Waals surface area contributed by atoms with Gasteiger partial charge in [-0.3, -0.25) is 0 Å². The number of hydrogen-bond acceptors (Lipinski definition) is 0. The molecule has 246 valence electrons. The van der Waals surface area contributed by atoms with Crippen molar-refractivity contribution in [3.05, 3.63) is 91.1 Å². The highest BCUT2D eigenvalue weighted by Crippen LogP contribution is 2.31. The lowest BCUT2D eigenvalue weighted by Crippen LogP contribution is -2.16. The molecule has 7 heteroatoms. The van der Waals surface area contributed by atoms with Crippen molar-refractivity contribution < 1.29 is 0 Å². The Kier molecular flexibility index (Phi) is 11.9. The minimum absolute atomic E-state index is 1.10. The van der Waals surface area contributed by atoms with Gasteiger partial charge in [-0.2, -0.15) is 0 Å². The van der Waals surface area contributed by atoms with Crippen LogP contribution in [0, 0.1) is 42.0 Å². The highest BCUT2D eigenvalue weighted by molar-refractivity contribution is 14.1. The Balaban J connectivity index is 0.000000199. The van der Waals surface area contributed by atoms with Gasteiger partial charge in [0, 0.05) is 76.0 Å². The second-order valence-electron chi connectivity index (χ2n) is 15.3. The van der Waals surface area contributed by atoms with E-state index < -0.39 is 24.2 Å². The maximum absolute atomic E-state index is 5.12. The molecule has 48 heavy (non-hydrogen) atoms. The SMILES string of the molecule is C#C[Si](C)(C)C.Cn1c2ccc(C#C[Si](C)(C)C)cc2c2cc(C#C[Si](C)(C)C)ccc21.Cn1c2ccc(I)cc2c2cc(I)ccc21. The molecule has 0 amide bonds. The van der Waals surface area contributed by atoms with Gasteiger partial charge in [0.1, 0.15) is 24.2 Å². The number of aromatic nitrogens is 2. The van der Waals surface area contributed by atoms with Gasteiger partial charge in [-0.05, 0) is 118 Å². The third-order valence-electron chi connectivity index (χ3n) is 7.53. The Hall–Kier alpha value is -2.73. The zero-order valence-corrected chi connectivity index (χ0v) is 37.5. The second kappa shape index (κ2) is 15.0. The molecule has 6 aromatic rings. The zero-order chi connectivity index (χ0) is 35.6. The standard InChI is InChI=1S/C23H27NSi2.C13H9I2N.C5H10Si/c1-24-22-10-8-18(12-14-25(2,3)4)16-20(22)21-17-19(9-11-23(21)24)13-15-26(5,6)7;1-16-12-4-2-8(14)6-10(12)11-7-9(15)3-5-13(11)16;1-5-6(2,3)4/h8-11,16-17H,1-7H3;2-7H,1H3;1H,2-4H3. The van der Waals surface area contributed by atoms with E-state index in [1.54, 1.807) is 0 Å². The largest absolute Gasteiger partial charge is 0.344 e. The molecule has 6 rings (SSSR count). The van der Waals surface area contributed by atoms with E-state index in [2.05, 4.69) is 229 Å². The summed E-state index contributed by atoms with van der Waals surface area (Å²) in [6.45, 7) is 20.1. The molecule has 0 spiro atoms. The first-order valence-corrected chi connectivity index (χ1v) is 28.8. The van der Waals surface area contributed by atoms with Crippen molar-refractivity contribution in [3.63, 3.8) is 0 Å². The minimum Gasteiger partial charge on any atom is -0.344 e. The van der Waals surface area contributed by atoms with E-state index in [0.717, 1.165) is 11.1 Å². The van der Waals surface area contributed by atoms with E-state index >= 15 is 0 Å². The van der Waals surface area contributed by atoms with E-state index in [1.165, 1.54) is 50.8 Å². The summed E-state index contributed by atoms with van der Waals surface area (Å²) in [5.41, 5.74) is 17.0. The summed E-state index contributed by atoms with van der Waals surface area (Å²) in [5, 5.41) is 5.23. The van der Waals surface area contributed by atoms with Crippen molar-refractivity contribution >= 4 is 113 Å². The highest BCUT2D eigenvalue weighted by atomic mass is 127. The summed E-state index contributed by atoms with van der Waals surface area (Å²) in [6.07, 6.45) is 5.12. The van der Waals surface area contributed by atoms with Crippen molar-refractivity contribution in [2.45, 2.75) is 58.9 Å². The molecule has 0 N–H and O–H groups in total. The summed E-state index contributed by atoms with van der Waals surface area (Å²) < 4.78 is 7.10. The van der Waals surface area contributed by atoms with Crippen LogP contribution in [0.15, 0.2) is 72.8 Å². The molecular weight excluding hydrogens is 859 g/mol. The molecule has 0 bridgehead atoms. The summed E-state index contributed by atoms with van der Waals surface area (Å²) in [4.78, 5) is 0. The van der Waals surface area contributed by atoms with Crippen LogP contribution in [-0.2, 0) is 14.1 Å². The van der Waals surface area contributed by atoms with Crippen molar-refractivity contribution in [2.75, 3.05) is 0 Å². The van der Waals surface area contributed by atoms with Gasteiger partial charge in [0.15, 0.2) is 0 Å². The second-order valence-corrected chi connectivity index (χ2v) is 32.1. The Morgan fingerprint density at radius 2 is 0.771 bits per heavy atom. The lowest BCUT2D eigenvalue weighted by atomic mass is 10.1. The molecule has 0 aliphatic heterocycles. The van der Waals surface area contributed by atoms with Gasteiger partial charge < -0.3 is 9.13 Å². The number of nitrogens with zero attached hydrogens (tertiary/aromatic N) is 2. The predicted octanol–water partition coefficient (Wildman–Crippen LogP) is 11.8. The quantitative estimate of drug-likeness (QED) is 0.0817.